The van der Waals surface area contributed by atoms with Crippen LogP contribution in [-0.4, -0.2) is 27.8 Å². The predicted octanol–water partition coefficient (Wildman–Crippen LogP) is 3.53. The first kappa shape index (κ1) is 17.5. The summed E-state index contributed by atoms with van der Waals surface area (Å²) >= 11 is 1.28. The van der Waals surface area contributed by atoms with Gasteiger partial charge in [0, 0.05) is 11.6 Å². The number of fused-ring (bicyclic) bond motifs is 1. The van der Waals surface area contributed by atoms with Crippen LogP contribution >= 0.6 is 11.8 Å². The highest BCUT2D eigenvalue weighted by Crippen LogP contribution is 2.29. The summed E-state index contributed by atoms with van der Waals surface area (Å²) in [5, 5.41) is 14.0. The Morgan fingerprint density at radius 2 is 2.00 bits per heavy atom. The summed E-state index contributed by atoms with van der Waals surface area (Å²) in [6.07, 6.45) is 3.60. The number of nitrogens with one attached hydrogen (secondary N) is 1. The maximum Gasteiger partial charge on any atom is 0.264 e. The number of carbonyl (C=O) groups is 1. The van der Waals surface area contributed by atoms with Gasteiger partial charge < -0.3 is 10.4 Å². The molecule has 1 saturated heterocycles. The van der Waals surface area contributed by atoms with Crippen LogP contribution in [0.25, 0.3) is 17.0 Å². The first-order valence-electron chi connectivity index (χ1n) is 8.52. The predicted molar refractivity (Wildman–Crippen MR) is 109 cm³/mol. The van der Waals surface area contributed by atoms with E-state index in [1.54, 1.807) is 6.20 Å². The van der Waals surface area contributed by atoms with E-state index < -0.39 is 6.04 Å². The highest BCUT2D eigenvalue weighted by atomic mass is 32.2. The number of aliphatic hydroxyl groups is 1. The van der Waals surface area contributed by atoms with Crippen molar-refractivity contribution in [3.8, 4) is 0 Å². The lowest BCUT2D eigenvalue weighted by atomic mass is 10.1. The average molecular weight is 375 g/mol. The number of rotatable bonds is 4. The fourth-order valence-electron chi connectivity index (χ4n) is 2.86. The van der Waals surface area contributed by atoms with Crippen LogP contribution in [0.15, 0.2) is 76.8 Å². The van der Waals surface area contributed by atoms with Crippen LogP contribution in [0.2, 0.25) is 0 Å². The molecule has 0 unspecified atom stereocenters. The number of nitrogens with zero attached hydrogens (tertiary/aromatic N) is 2. The van der Waals surface area contributed by atoms with Gasteiger partial charge in [0.05, 0.1) is 17.0 Å². The highest BCUT2D eigenvalue weighted by molar-refractivity contribution is 8.18. The molecule has 1 aromatic heterocycles. The van der Waals surface area contributed by atoms with Crippen LogP contribution in [0.5, 0.6) is 0 Å². The maximum absolute atomic E-state index is 12.3. The van der Waals surface area contributed by atoms with Gasteiger partial charge in [-0.15, -0.1) is 0 Å². The summed E-state index contributed by atoms with van der Waals surface area (Å²) in [7, 11) is 0. The van der Waals surface area contributed by atoms with Crippen molar-refractivity contribution in [2.45, 2.75) is 6.04 Å². The Morgan fingerprint density at radius 1 is 1.15 bits per heavy atom. The Bertz CT molecular complexity index is 1050. The molecule has 0 saturated carbocycles. The minimum atomic E-state index is -0.403. The molecule has 1 atom stereocenters. The Kier molecular flexibility index (Phi) is 5.00. The second kappa shape index (κ2) is 7.73. The largest absolute Gasteiger partial charge is 0.394 e. The highest BCUT2D eigenvalue weighted by Gasteiger charge is 2.25. The van der Waals surface area contributed by atoms with Crippen LogP contribution in [0.1, 0.15) is 17.2 Å². The molecule has 0 bridgehead atoms. The lowest BCUT2D eigenvalue weighted by Crippen LogP contribution is -2.21. The second-order valence-electron chi connectivity index (χ2n) is 6.06. The SMILES string of the molecule is O=C1NC(=N[C@@H](CO)c2ccccc2)SC1=Cc1ccc2ncccc2c1. The van der Waals surface area contributed by atoms with Gasteiger partial charge in [-0.25, -0.2) is 0 Å². The van der Waals surface area contributed by atoms with E-state index in [1.165, 1.54) is 11.8 Å². The molecular weight excluding hydrogens is 358 g/mol. The van der Waals surface area contributed by atoms with E-state index in [-0.39, 0.29) is 12.5 Å². The first-order valence-corrected chi connectivity index (χ1v) is 9.34. The van der Waals surface area contributed by atoms with E-state index in [4.69, 9.17) is 0 Å². The number of aromatic nitrogens is 1. The molecule has 6 heteroatoms. The number of carbonyl (C=O) groups excluding carboxylic acids is 1. The molecule has 1 aliphatic heterocycles. The second-order valence-corrected chi connectivity index (χ2v) is 7.09. The molecule has 4 rings (SSSR count). The van der Waals surface area contributed by atoms with Gasteiger partial charge in [0.2, 0.25) is 0 Å². The monoisotopic (exact) mass is 375 g/mol. The van der Waals surface area contributed by atoms with E-state index in [2.05, 4.69) is 15.3 Å². The van der Waals surface area contributed by atoms with Gasteiger partial charge in [-0.1, -0.05) is 42.5 Å². The van der Waals surface area contributed by atoms with E-state index in [0.717, 1.165) is 22.0 Å². The number of hydrogen-bond acceptors (Lipinski definition) is 5. The Morgan fingerprint density at radius 3 is 2.81 bits per heavy atom. The molecular formula is C21H17N3O2S. The number of benzene rings is 2. The maximum atomic E-state index is 12.3. The first-order chi connectivity index (χ1) is 13.2. The van der Waals surface area contributed by atoms with Gasteiger partial charge in [-0.2, -0.15) is 0 Å². The van der Waals surface area contributed by atoms with Crippen LogP contribution in [0.3, 0.4) is 0 Å². The van der Waals surface area contributed by atoms with Crippen molar-refractivity contribution in [1.29, 1.82) is 0 Å². The number of hydrogen-bond donors (Lipinski definition) is 2. The summed E-state index contributed by atoms with van der Waals surface area (Å²) in [6, 6.07) is 18.9. The molecule has 1 amide bonds. The van der Waals surface area contributed by atoms with E-state index in [1.807, 2.05) is 66.7 Å². The third-order valence-corrected chi connectivity index (χ3v) is 5.13. The molecule has 2 aromatic carbocycles. The van der Waals surface area contributed by atoms with Crippen LogP contribution in [-0.2, 0) is 4.79 Å². The third kappa shape index (κ3) is 3.92. The van der Waals surface area contributed by atoms with Crippen LogP contribution < -0.4 is 5.32 Å². The van der Waals surface area contributed by atoms with Crippen LogP contribution in [0, 0.1) is 0 Å². The van der Waals surface area contributed by atoms with Crippen molar-refractivity contribution < 1.29 is 9.90 Å². The van der Waals surface area contributed by atoms with Crippen molar-refractivity contribution >= 4 is 39.8 Å². The van der Waals surface area contributed by atoms with Gasteiger partial charge >= 0.3 is 0 Å². The molecule has 1 fully saturated rings. The molecule has 1 aliphatic rings. The van der Waals surface area contributed by atoms with Gasteiger partial charge in [0.15, 0.2) is 5.17 Å². The lowest BCUT2D eigenvalue weighted by Gasteiger charge is -2.10. The van der Waals surface area contributed by atoms with Gasteiger partial charge in [0.1, 0.15) is 6.04 Å². The standard InChI is InChI=1S/C21H17N3O2S/c25-13-18(15-5-2-1-3-6-15)23-21-24-20(26)19(27-21)12-14-8-9-17-16(11-14)7-4-10-22-17/h1-12,18,25H,13H2,(H,23,24,26)/t18-/m0/s1. The molecule has 0 spiro atoms. The summed E-state index contributed by atoms with van der Waals surface area (Å²) in [5.74, 6) is -0.185. The Balaban J connectivity index is 1.58. The van der Waals surface area contributed by atoms with Gasteiger partial charge in [-0.3, -0.25) is 14.8 Å². The lowest BCUT2D eigenvalue weighted by molar-refractivity contribution is -0.115. The zero-order chi connectivity index (χ0) is 18.6. The zero-order valence-corrected chi connectivity index (χ0v) is 15.2. The van der Waals surface area contributed by atoms with E-state index in [0.29, 0.717) is 10.1 Å². The fraction of sp³-hybridized carbons (Fsp3) is 0.0952. The topological polar surface area (TPSA) is 74.6 Å². The molecule has 2 N–H and O–H groups in total. The molecule has 0 radical (unpaired) electrons. The zero-order valence-electron chi connectivity index (χ0n) is 14.4. The summed E-state index contributed by atoms with van der Waals surface area (Å²) in [6.45, 7) is -0.124. The minimum Gasteiger partial charge on any atom is -0.394 e. The molecule has 27 heavy (non-hydrogen) atoms. The van der Waals surface area contributed by atoms with Crippen LogP contribution in [0.4, 0.5) is 0 Å². The summed E-state index contributed by atoms with van der Waals surface area (Å²) in [5.41, 5.74) is 2.75. The molecule has 0 aliphatic carbocycles. The van der Waals surface area contributed by atoms with Crippen molar-refractivity contribution in [2.75, 3.05) is 6.61 Å². The fourth-order valence-corrected chi connectivity index (χ4v) is 3.73. The molecule has 3 aromatic rings. The Hall–Kier alpha value is -2.96. The smallest absolute Gasteiger partial charge is 0.264 e. The number of amides is 1. The van der Waals surface area contributed by atoms with Crippen molar-refractivity contribution in [3.63, 3.8) is 0 Å². The minimum absolute atomic E-state index is 0.124. The number of amidine groups is 1. The number of aliphatic hydroxyl groups excluding tert-OH is 1. The van der Waals surface area contributed by atoms with E-state index in [9.17, 15) is 9.90 Å². The van der Waals surface area contributed by atoms with Crippen molar-refractivity contribution in [1.82, 2.24) is 10.3 Å². The summed E-state index contributed by atoms with van der Waals surface area (Å²) < 4.78 is 0. The molecule has 134 valence electrons. The van der Waals surface area contributed by atoms with Gasteiger partial charge in [-0.05, 0) is 47.2 Å². The van der Waals surface area contributed by atoms with Crippen molar-refractivity contribution in [3.05, 3.63) is 82.9 Å². The molecule has 5 nitrogen and oxygen atoms in total. The average Bonchev–Trinajstić information content (AvgIpc) is 3.05. The quantitative estimate of drug-likeness (QED) is 0.684. The Labute approximate surface area is 160 Å². The number of aliphatic imine (C=N–C) groups is 1. The number of thioether (sulfide) groups is 1. The van der Waals surface area contributed by atoms with Crippen molar-refractivity contribution in [2.24, 2.45) is 4.99 Å². The van der Waals surface area contributed by atoms with E-state index >= 15 is 0 Å². The number of pyridine rings is 1. The summed E-state index contributed by atoms with van der Waals surface area (Å²) in [4.78, 5) is 21.7. The van der Waals surface area contributed by atoms with Gasteiger partial charge in [0.25, 0.3) is 5.91 Å². The normalized spacial score (nSPS) is 18.2. The molecule has 2 heterocycles. The third-order valence-electron chi connectivity index (χ3n) is 4.21.